The minimum absolute atomic E-state index is 0.0180. The number of aromatic nitrogens is 1. The number of pyridine rings is 1. The minimum Gasteiger partial charge on any atom is -0.384 e. The number of rotatable bonds is 2. The van der Waals surface area contributed by atoms with Gasteiger partial charge in [0.1, 0.15) is 5.69 Å². The number of para-hydroxylation sites is 2. The second kappa shape index (κ2) is 11.1. The first-order chi connectivity index (χ1) is 14.7. The summed E-state index contributed by atoms with van der Waals surface area (Å²) in [5.41, 5.74) is 15.3. The van der Waals surface area contributed by atoms with Crippen molar-refractivity contribution in [3.8, 4) is 0 Å². The molecule has 156 valence electrons. The Morgan fingerprint density at radius 3 is 2.30 bits per heavy atom. The Balaban J connectivity index is 0.000000164. The van der Waals surface area contributed by atoms with E-state index in [0.29, 0.717) is 18.8 Å². The molecule has 2 aliphatic heterocycles. The molecule has 3 heterocycles. The molecule has 0 saturated heterocycles. The third-order valence-electron chi connectivity index (χ3n) is 4.91. The number of carbonyl (C=O) groups is 1. The third-order valence-corrected chi connectivity index (χ3v) is 4.91. The summed E-state index contributed by atoms with van der Waals surface area (Å²) in [4.78, 5) is 18.2. The highest BCUT2D eigenvalue weighted by Gasteiger charge is 2.25. The molecule has 0 radical (unpaired) electrons. The normalized spacial score (nSPS) is 13.1. The Labute approximate surface area is 177 Å². The van der Waals surface area contributed by atoms with E-state index in [2.05, 4.69) is 40.6 Å². The van der Waals surface area contributed by atoms with Crippen LogP contribution in [0.4, 0.5) is 11.4 Å². The van der Waals surface area contributed by atoms with Gasteiger partial charge in [-0.3, -0.25) is 9.78 Å². The summed E-state index contributed by atoms with van der Waals surface area (Å²) in [5, 5.41) is 3.30. The predicted molar refractivity (Wildman–Crippen MR) is 123 cm³/mol. The van der Waals surface area contributed by atoms with Crippen LogP contribution in [0.3, 0.4) is 0 Å². The first-order valence-corrected chi connectivity index (χ1v) is 10.3. The van der Waals surface area contributed by atoms with Gasteiger partial charge in [-0.2, -0.15) is 0 Å². The van der Waals surface area contributed by atoms with Crippen molar-refractivity contribution in [1.29, 1.82) is 0 Å². The summed E-state index contributed by atoms with van der Waals surface area (Å²) in [6, 6.07) is 21.9. The fourth-order valence-corrected chi connectivity index (χ4v) is 3.42. The average Bonchev–Trinajstić information content (AvgIpc) is 3.47. The predicted octanol–water partition coefficient (Wildman–Crippen LogP) is 2.84. The van der Waals surface area contributed by atoms with Gasteiger partial charge in [-0.15, -0.1) is 0 Å². The van der Waals surface area contributed by atoms with Crippen molar-refractivity contribution in [3.05, 3.63) is 89.7 Å². The SMILES string of the molecule is NCCN.O=C(c1ccccn1)N1CCc2ccccc21.c1ccc2c(c1)CCN2. The molecule has 0 bridgehead atoms. The molecule has 0 aliphatic carbocycles. The lowest BCUT2D eigenvalue weighted by Crippen LogP contribution is -2.29. The molecular weight excluding hydrogens is 374 g/mol. The highest BCUT2D eigenvalue weighted by atomic mass is 16.2. The van der Waals surface area contributed by atoms with E-state index in [1.807, 2.05) is 30.3 Å². The van der Waals surface area contributed by atoms with Gasteiger partial charge in [-0.1, -0.05) is 42.5 Å². The zero-order valence-electron chi connectivity index (χ0n) is 17.1. The Hall–Kier alpha value is -3.22. The summed E-state index contributed by atoms with van der Waals surface area (Å²) in [7, 11) is 0. The van der Waals surface area contributed by atoms with Crippen LogP contribution in [-0.2, 0) is 12.8 Å². The van der Waals surface area contributed by atoms with Crippen molar-refractivity contribution < 1.29 is 4.79 Å². The van der Waals surface area contributed by atoms with E-state index in [9.17, 15) is 4.79 Å². The summed E-state index contributed by atoms with van der Waals surface area (Å²) in [5.74, 6) is -0.0180. The largest absolute Gasteiger partial charge is 0.384 e. The van der Waals surface area contributed by atoms with Crippen LogP contribution in [-0.4, -0.2) is 37.1 Å². The fraction of sp³-hybridized carbons (Fsp3) is 0.250. The van der Waals surface area contributed by atoms with E-state index in [1.165, 1.54) is 23.2 Å². The standard InChI is InChI=1S/C14H12N2O.C8H9N.C2H8N2/c17-14(12-6-3-4-9-15-12)16-10-8-11-5-1-2-7-13(11)16;1-2-4-8-7(3-1)5-6-9-8;3-1-2-4/h1-7,9H,8,10H2;1-4,9H,5-6H2;1-4H2. The molecule has 0 atom stereocenters. The van der Waals surface area contributed by atoms with Crippen LogP contribution in [0.2, 0.25) is 0 Å². The van der Waals surface area contributed by atoms with Crippen LogP contribution < -0.4 is 21.7 Å². The molecule has 6 heteroatoms. The van der Waals surface area contributed by atoms with Gasteiger partial charge >= 0.3 is 0 Å². The van der Waals surface area contributed by atoms with E-state index in [1.54, 1.807) is 17.2 Å². The molecular formula is C24H29N5O. The number of carbonyl (C=O) groups excluding carboxylic acids is 1. The molecule has 5 N–H and O–H groups in total. The fourth-order valence-electron chi connectivity index (χ4n) is 3.42. The van der Waals surface area contributed by atoms with Crippen LogP contribution in [0, 0.1) is 0 Å². The third kappa shape index (κ3) is 5.43. The number of hydrogen-bond acceptors (Lipinski definition) is 5. The Kier molecular flexibility index (Phi) is 7.94. The maximum absolute atomic E-state index is 12.3. The first-order valence-electron chi connectivity index (χ1n) is 10.3. The molecule has 0 unspecified atom stereocenters. The van der Waals surface area contributed by atoms with Crippen LogP contribution in [0.25, 0.3) is 0 Å². The van der Waals surface area contributed by atoms with Gasteiger partial charge in [-0.25, -0.2) is 0 Å². The topological polar surface area (TPSA) is 97.3 Å². The number of hydrogen-bond donors (Lipinski definition) is 3. The van der Waals surface area contributed by atoms with Gasteiger partial charge in [0, 0.05) is 43.8 Å². The van der Waals surface area contributed by atoms with Gasteiger partial charge in [0.05, 0.1) is 0 Å². The van der Waals surface area contributed by atoms with Crippen molar-refractivity contribution in [2.75, 3.05) is 36.4 Å². The average molecular weight is 404 g/mol. The highest BCUT2D eigenvalue weighted by molar-refractivity contribution is 6.05. The number of nitrogens with one attached hydrogen (secondary N) is 1. The molecule has 1 aromatic heterocycles. The first kappa shape index (κ1) is 21.5. The number of amides is 1. The zero-order chi connectivity index (χ0) is 21.2. The number of benzene rings is 2. The maximum atomic E-state index is 12.3. The summed E-state index contributed by atoms with van der Waals surface area (Å²) >= 11 is 0. The molecule has 0 fully saturated rings. The summed E-state index contributed by atoms with van der Waals surface area (Å²) in [6.45, 7) is 3.05. The summed E-state index contributed by atoms with van der Waals surface area (Å²) < 4.78 is 0. The smallest absolute Gasteiger partial charge is 0.276 e. The molecule has 0 spiro atoms. The van der Waals surface area contributed by atoms with E-state index in [-0.39, 0.29) is 5.91 Å². The lowest BCUT2D eigenvalue weighted by Gasteiger charge is -2.16. The van der Waals surface area contributed by atoms with Gasteiger partial charge in [0.15, 0.2) is 0 Å². The molecule has 1 amide bonds. The second-order valence-corrected chi connectivity index (χ2v) is 6.96. The van der Waals surface area contributed by atoms with Crippen molar-refractivity contribution in [3.63, 3.8) is 0 Å². The molecule has 0 saturated carbocycles. The number of anilines is 2. The van der Waals surface area contributed by atoms with Crippen LogP contribution in [0.15, 0.2) is 72.9 Å². The lowest BCUT2D eigenvalue weighted by molar-refractivity contribution is 0.0984. The molecule has 6 nitrogen and oxygen atoms in total. The maximum Gasteiger partial charge on any atom is 0.276 e. The number of nitrogens with two attached hydrogens (primary N) is 2. The van der Waals surface area contributed by atoms with Gasteiger partial charge < -0.3 is 21.7 Å². The van der Waals surface area contributed by atoms with Crippen molar-refractivity contribution in [2.45, 2.75) is 12.8 Å². The van der Waals surface area contributed by atoms with Crippen molar-refractivity contribution in [2.24, 2.45) is 11.5 Å². The van der Waals surface area contributed by atoms with Crippen LogP contribution in [0.5, 0.6) is 0 Å². The zero-order valence-corrected chi connectivity index (χ0v) is 17.1. The number of nitrogens with zero attached hydrogens (tertiary/aromatic N) is 2. The van der Waals surface area contributed by atoms with E-state index in [4.69, 9.17) is 11.5 Å². The van der Waals surface area contributed by atoms with Gasteiger partial charge in [-0.05, 0) is 48.2 Å². The van der Waals surface area contributed by atoms with Gasteiger partial charge in [0.2, 0.25) is 0 Å². The number of fused-ring (bicyclic) bond motifs is 2. The van der Waals surface area contributed by atoms with Crippen LogP contribution >= 0.6 is 0 Å². The van der Waals surface area contributed by atoms with E-state index < -0.39 is 0 Å². The van der Waals surface area contributed by atoms with Gasteiger partial charge in [0.25, 0.3) is 5.91 Å². The molecule has 3 aromatic rings. The Bertz CT molecular complexity index is 920. The van der Waals surface area contributed by atoms with Crippen molar-refractivity contribution in [1.82, 2.24) is 4.98 Å². The molecule has 2 aliphatic rings. The highest BCUT2D eigenvalue weighted by Crippen LogP contribution is 2.28. The lowest BCUT2D eigenvalue weighted by atomic mass is 10.2. The second-order valence-electron chi connectivity index (χ2n) is 6.96. The van der Waals surface area contributed by atoms with Crippen molar-refractivity contribution >= 4 is 17.3 Å². The quantitative estimate of drug-likeness (QED) is 0.611. The minimum atomic E-state index is -0.0180. The Morgan fingerprint density at radius 2 is 1.60 bits per heavy atom. The van der Waals surface area contributed by atoms with E-state index >= 15 is 0 Å². The van der Waals surface area contributed by atoms with Crippen LogP contribution in [0.1, 0.15) is 21.6 Å². The molecule has 30 heavy (non-hydrogen) atoms. The molecule has 5 rings (SSSR count). The monoisotopic (exact) mass is 403 g/mol. The summed E-state index contributed by atoms with van der Waals surface area (Å²) in [6.07, 6.45) is 3.76. The van der Waals surface area contributed by atoms with E-state index in [0.717, 1.165) is 25.2 Å². The molecule has 2 aromatic carbocycles. The Morgan fingerprint density at radius 1 is 0.900 bits per heavy atom.